The first-order chi connectivity index (χ1) is 13.6. The van der Waals surface area contributed by atoms with Gasteiger partial charge in [-0.15, -0.1) is 0 Å². The van der Waals surface area contributed by atoms with Crippen molar-refractivity contribution in [1.29, 1.82) is 0 Å². The van der Waals surface area contributed by atoms with Crippen LogP contribution in [-0.2, 0) is 11.2 Å². The number of benzene rings is 2. The van der Waals surface area contributed by atoms with Gasteiger partial charge in [-0.25, -0.2) is 0 Å². The first kappa shape index (κ1) is 20.7. The number of anilines is 2. The summed E-state index contributed by atoms with van der Waals surface area (Å²) in [5.74, 6) is 0.865. The predicted octanol–water partition coefficient (Wildman–Crippen LogP) is 4.74. The fraction of sp³-hybridized carbons (Fsp3) is 0.435. The number of halogens is 1. The molecule has 1 fully saturated rings. The van der Waals surface area contributed by atoms with Gasteiger partial charge in [0.1, 0.15) is 0 Å². The van der Waals surface area contributed by atoms with E-state index in [9.17, 15) is 4.79 Å². The quantitative estimate of drug-likeness (QED) is 0.630. The minimum atomic E-state index is 0.0369. The van der Waals surface area contributed by atoms with Gasteiger partial charge in [-0.1, -0.05) is 30.7 Å². The van der Waals surface area contributed by atoms with Gasteiger partial charge in [-0.2, -0.15) is 0 Å². The molecule has 2 aromatic carbocycles. The topological polar surface area (TPSA) is 44.4 Å². The largest absolute Gasteiger partial charge is 0.372 e. The third-order valence-electron chi connectivity index (χ3n) is 5.31. The smallest absolute Gasteiger partial charge is 0.225 e. The van der Waals surface area contributed by atoms with Crippen LogP contribution in [0.3, 0.4) is 0 Å². The third kappa shape index (κ3) is 6.54. The Morgan fingerprint density at radius 2 is 1.86 bits per heavy atom. The molecule has 1 aliphatic heterocycles. The maximum absolute atomic E-state index is 12.1. The summed E-state index contributed by atoms with van der Waals surface area (Å²) >= 11 is 5.99. The second-order valence-electron chi connectivity index (χ2n) is 7.64. The summed E-state index contributed by atoms with van der Waals surface area (Å²) in [6.07, 6.45) is 3.87. The van der Waals surface area contributed by atoms with Gasteiger partial charge >= 0.3 is 0 Å². The van der Waals surface area contributed by atoms with Crippen molar-refractivity contribution in [1.82, 2.24) is 5.32 Å². The molecule has 0 saturated carbocycles. The number of nitrogens with zero attached hydrogens (tertiary/aromatic N) is 1. The molecule has 2 N–H and O–H groups in total. The van der Waals surface area contributed by atoms with Crippen LogP contribution in [0.4, 0.5) is 11.4 Å². The number of hydrogen-bond donors (Lipinski definition) is 2. The average molecular weight is 400 g/mol. The van der Waals surface area contributed by atoms with Crippen molar-refractivity contribution in [2.75, 3.05) is 36.4 Å². The van der Waals surface area contributed by atoms with E-state index in [1.54, 1.807) is 0 Å². The number of rotatable bonds is 8. The molecular weight excluding hydrogens is 370 g/mol. The Balaban J connectivity index is 1.34. The molecule has 0 radical (unpaired) electrons. The molecule has 0 bridgehead atoms. The Kier molecular flexibility index (Phi) is 7.75. The fourth-order valence-corrected chi connectivity index (χ4v) is 3.71. The molecule has 0 aliphatic carbocycles. The number of hydrogen-bond acceptors (Lipinski definition) is 3. The van der Waals surface area contributed by atoms with Crippen LogP contribution in [0.15, 0.2) is 48.5 Å². The number of carbonyl (C=O) groups is 1. The molecule has 3 rings (SSSR count). The van der Waals surface area contributed by atoms with E-state index >= 15 is 0 Å². The highest BCUT2D eigenvalue weighted by Crippen LogP contribution is 2.24. The van der Waals surface area contributed by atoms with E-state index in [2.05, 4.69) is 40.7 Å². The van der Waals surface area contributed by atoms with Gasteiger partial charge in [0.25, 0.3) is 0 Å². The highest BCUT2D eigenvalue weighted by atomic mass is 35.5. The van der Waals surface area contributed by atoms with Crippen LogP contribution in [0.2, 0.25) is 5.02 Å². The second kappa shape index (κ2) is 10.5. The number of nitrogens with one attached hydrogen (secondary N) is 2. The van der Waals surface area contributed by atoms with Crippen molar-refractivity contribution < 1.29 is 4.79 Å². The lowest BCUT2D eigenvalue weighted by atomic mass is 9.99. The molecule has 1 amide bonds. The molecule has 0 aromatic heterocycles. The van der Waals surface area contributed by atoms with Gasteiger partial charge in [0.2, 0.25) is 5.91 Å². The molecule has 1 heterocycles. The van der Waals surface area contributed by atoms with Crippen molar-refractivity contribution in [3.05, 3.63) is 59.1 Å². The Bertz CT molecular complexity index is 755. The molecular formula is C23H30ClN3O. The van der Waals surface area contributed by atoms with Gasteiger partial charge in [0.05, 0.1) is 0 Å². The Labute approximate surface area is 173 Å². The molecule has 0 spiro atoms. The van der Waals surface area contributed by atoms with Crippen LogP contribution < -0.4 is 15.5 Å². The van der Waals surface area contributed by atoms with Crippen LogP contribution in [0.25, 0.3) is 0 Å². The molecule has 0 atom stereocenters. The lowest BCUT2D eigenvalue weighted by molar-refractivity contribution is -0.116. The van der Waals surface area contributed by atoms with Crippen molar-refractivity contribution >= 4 is 28.9 Å². The third-order valence-corrected chi connectivity index (χ3v) is 5.54. The fourth-order valence-electron chi connectivity index (χ4n) is 3.50. The van der Waals surface area contributed by atoms with E-state index in [1.165, 1.54) is 24.1 Å². The molecule has 150 valence electrons. The zero-order valence-electron chi connectivity index (χ0n) is 16.6. The highest BCUT2D eigenvalue weighted by molar-refractivity contribution is 6.30. The van der Waals surface area contributed by atoms with Gasteiger partial charge in [-0.3, -0.25) is 4.79 Å². The normalized spacial score (nSPS) is 14.9. The summed E-state index contributed by atoms with van der Waals surface area (Å²) in [6.45, 7) is 6.05. The van der Waals surface area contributed by atoms with Crippen molar-refractivity contribution in [2.45, 2.75) is 32.6 Å². The first-order valence-electron chi connectivity index (χ1n) is 10.2. The van der Waals surface area contributed by atoms with Crippen molar-refractivity contribution in [3.8, 4) is 0 Å². The van der Waals surface area contributed by atoms with Gasteiger partial charge in [0.15, 0.2) is 0 Å². The Hall–Kier alpha value is -2.04. The highest BCUT2D eigenvalue weighted by Gasteiger charge is 2.15. The SMILES string of the molecule is CC1CCN(c2ccc(NC(=O)CCNCCc3cccc(Cl)c3)cc2)CC1. The van der Waals surface area contributed by atoms with Crippen LogP contribution in [0, 0.1) is 5.92 Å². The van der Waals surface area contributed by atoms with Crippen LogP contribution >= 0.6 is 11.6 Å². The van der Waals surface area contributed by atoms with E-state index in [4.69, 9.17) is 11.6 Å². The van der Waals surface area contributed by atoms with Crippen LogP contribution in [0.1, 0.15) is 31.7 Å². The predicted molar refractivity (Wildman–Crippen MR) is 118 cm³/mol. The number of carbonyl (C=O) groups excluding carboxylic acids is 1. The standard InChI is InChI=1S/C23H30ClN3O/c1-18-11-15-27(16-12-18)22-7-5-21(6-8-22)26-23(28)10-14-25-13-9-19-3-2-4-20(24)17-19/h2-8,17-18,25H,9-16H2,1H3,(H,26,28). The van der Waals surface area contributed by atoms with E-state index in [0.717, 1.165) is 42.7 Å². The van der Waals surface area contributed by atoms with E-state index in [-0.39, 0.29) is 5.91 Å². The number of amides is 1. The van der Waals surface area contributed by atoms with Gasteiger partial charge in [0, 0.05) is 42.5 Å². The Morgan fingerprint density at radius 3 is 2.57 bits per heavy atom. The summed E-state index contributed by atoms with van der Waals surface area (Å²) < 4.78 is 0. The lowest BCUT2D eigenvalue weighted by Gasteiger charge is -2.32. The first-order valence-corrected chi connectivity index (χ1v) is 10.6. The number of piperidine rings is 1. The maximum Gasteiger partial charge on any atom is 0.225 e. The lowest BCUT2D eigenvalue weighted by Crippen LogP contribution is -2.32. The van der Waals surface area contributed by atoms with E-state index in [1.807, 2.05) is 30.3 Å². The molecule has 0 unspecified atom stereocenters. The van der Waals surface area contributed by atoms with Crippen LogP contribution in [0.5, 0.6) is 0 Å². The zero-order valence-corrected chi connectivity index (χ0v) is 17.3. The van der Waals surface area contributed by atoms with Gasteiger partial charge < -0.3 is 15.5 Å². The summed E-state index contributed by atoms with van der Waals surface area (Å²) in [5, 5.41) is 7.06. The monoisotopic (exact) mass is 399 g/mol. The average Bonchev–Trinajstić information content (AvgIpc) is 2.69. The summed E-state index contributed by atoms with van der Waals surface area (Å²) in [5.41, 5.74) is 3.30. The Morgan fingerprint density at radius 1 is 1.11 bits per heavy atom. The zero-order chi connectivity index (χ0) is 19.8. The van der Waals surface area contributed by atoms with E-state index < -0.39 is 0 Å². The maximum atomic E-state index is 12.1. The van der Waals surface area contributed by atoms with E-state index in [0.29, 0.717) is 13.0 Å². The minimum Gasteiger partial charge on any atom is -0.372 e. The van der Waals surface area contributed by atoms with Crippen LogP contribution in [-0.4, -0.2) is 32.1 Å². The summed E-state index contributed by atoms with van der Waals surface area (Å²) in [6, 6.07) is 16.1. The molecule has 28 heavy (non-hydrogen) atoms. The second-order valence-corrected chi connectivity index (χ2v) is 8.08. The molecule has 1 aliphatic rings. The van der Waals surface area contributed by atoms with Crippen molar-refractivity contribution in [3.63, 3.8) is 0 Å². The minimum absolute atomic E-state index is 0.0369. The van der Waals surface area contributed by atoms with Crippen molar-refractivity contribution in [2.24, 2.45) is 5.92 Å². The molecule has 1 saturated heterocycles. The molecule has 2 aromatic rings. The summed E-state index contributed by atoms with van der Waals surface area (Å²) in [7, 11) is 0. The molecule has 4 nitrogen and oxygen atoms in total. The summed E-state index contributed by atoms with van der Waals surface area (Å²) in [4.78, 5) is 14.6. The van der Waals surface area contributed by atoms with Gasteiger partial charge in [-0.05, 0) is 73.7 Å². The molecule has 5 heteroatoms.